The molecule has 0 aliphatic carbocycles. The van der Waals surface area contributed by atoms with Crippen LogP contribution in [0.1, 0.15) is 55.6 Å². The summed E-state index contributed by atoms with van der Waals surface area (Å²) in [4.78, 5) is 36.1. The second-order valence-corrected chi connectivity index (χ2v) is 18.1. The lowest BCUT2D eigenvalue weighted by Crippen LogP contribution is -2.49. The van der Waals surface area contributed by atoms with Crippen LogP contribution in [0.4, 0.5) is 0 Å². The number of carboxylic acid groups (broad SMARTS) is 2. The monoisotopic (exact) mass is 1010 g/mol. The van der Waals surface area contributed by atoms with E-state index in [0.717, 1.165) is 33.4 Å². The van der Waals surface area contributed by atoms with Gasteiger partial charge in [-0.25, -0.2) is 0 Å². The number of aromatic nitrogens is 2. The Labute approximate surface area is 426 Å². The zero-order valence-corrected chi connectivity index (χ0v) is 41.0. The predicted octanol–water partition coefficient (Wildman–Crippen LogP) is 8.70. The van der Waals surface area contributed by atoms with Crippen LogP contribution < -0.4 is 18.9 Å². The van der Waals surface area contributed by atoms with Gasteiger partial charge < -0.3 is 38.6 Å². The van der Waals surface area contributed by atoms with E-state index in [4.69, 9.17) is 51.6 Å². The van der Waals surface area contributed by atoms with Crippen LogP contribution in [-0.2, 0) is 58.6 Å². The molecule has 0 spiro atoms. The van der Waals surface area contributed by atoms with E-state index in [1.807, 2.05) is 47.9 Å². The Bertz CT molecular complexity index is 2850. The fraction of sp³-hybridized carbons (Fsp3) is 0.296. The predicted molar refractivity (Wildman–Crippen MR) is 265 cm³/mol. The van der Waals surface area contributed by atoms with Gasteiger partial charge in [0.1, 0.15) is 73.6 Å². The van der Waals surface area contributed by atoms with E-state index in [1.54, 1.807) is 48.8 Å². The first-order chi connectivity index (χ1) is 34.9. The molecule has 2 N–H and O–H groups in total. The van der Waals surface area contributed by atoms with Crippen LogP contribution in [0.25, 0.3) is 11.1 Å². The van der Waals surface area contributed by atoms with E-state index in [2.05, 4.69) is 34.2 Å². The minimum atomic E-state index is -0.988. The van der Waals surface area contributed by atoms with Gasteiger partial charge in [0.15, 0.2) is 0 Å². The summed E-state index contributed by atoms with van der Waals surface area (Å²) in [5, 5.41) is 39.3. The lowest BCUT2D eigenvalue weighted by atomic mass is 9.92. The first-order valence-corrected chi connectivity index (χ1v) is 23.7. The molecule has 2 atom stereocenters. The summed E-state index contributed by atoms with van der Waals surface area (Å²) >= 11 is 13.8. The van der Waals surface area contributed by atoms with Crippen LogP contribution in [0.3, 0.4) is 0 Å². The summed E-state index contributed by atoms with van der Waals surface area (Å²) < 4.78 is 36.4. The van der Waals surface area contributed by atoms with Crippen molar-refractivity contribution >= 4 is 35.1 Å². The van der Waals surface area contributed by atoms with Crippen molar-refractivity contribution in [2.45, 2.75) is 65.4 Å². The van der Waals surface area contributed by atoms with Gasteiger partial charge in [0.25, 0.3) is 0 Å². The number of nitriles is 2. The number of morpholine rings is 2. The fourth-order valence-corrected chi connectivity index (χ4v) is 9.07. The van der Waals surface area contributed by atoms with Crippen LogP contribution in [0.2, 0.25) is 10.0 Å². The largest absolute Gasteiger partial charge is 0.488 e. The van der Waals surface area contributed by atoms with Gasteiger partial charge in [0.2, 0.25) is 0 Å². The number of carboxylic acids is 2. The standard InChI is InChI=1S/C54H50Cl2N6O10/c1-33-39(29-71-51-17-49(69-27-37-13-35(19-57)21-59-23-37)41(15-45(51)55)25-61-9-11-67-31-47(61)53(63)64)5-3-7-43(33)44-8-4-6-40(34(44)2)30-72-52-18-50(70-28-38-14-36(20-58)22-60-24-38)42(16-46(52)56)26-62-10-12-68-32-48(62)54(65)66/h3-8,13-18,21-24,47-48H,9-12,25-32H2,1-2H3,(H,63,64)(H,65,66)/t47-,48-/m1/s1. The number of aliphatic carboxylic acids is 2. The van der Waals surface area contributed by atoms with Crippen molar-refractivity contribution in [2.75, 3.05) is 39.5 Å². The second-order valence-electron chi connectivity index (χ2n) is 17.3. The van der Waals surface area contributed by atoms with Crippen LogP contribution in [0.15, 0.2) is 97.6 Å². The van der Waals surface area contributed by atoms with Crippen molar-refractivity contribution in [1.29, 1.82) is 10.5 Å². The third-order valence-corrected chi connectivity index (χ3v) is 13.2. The molecule has 16 nitrogen and oxygen atoms in total. The minimum absolute atomic E-state index is 0.0568. The molecule has 6 aromatic rings. The van der Waals surface area contributed by atoms with Gasteiger partial charge in [-0.15, -0.1) is 0 Å². The molecule has 2 fully saturated rings. The molecule has 2 aliphatic heterocycles. The van der Waals surface area contributed by atoms with Crippen molar-refractivity contribution in [1.82, 2.24) is 19.8 Å². The SMILES string of the molecule is Cc1c(COc2cc(OCc3cncc(C#N)c3)c(CN3CCOC[C@@H]3C(=O)O)cc2Cl)cccc1-c1cccc(COc2cc(OCc3cncc(C#N)c3)c(CN3CCOC[C@@H]3C(=O)O)cc2Cl)c1C. The number of pyridine rings is 2. The minimum Gasteiger partial charge on any atom is -0.488 e. The topological polar surface area (TPSA) is 210 Å². The van der Waals surface area contributed by atoms with E-state index in [1.165, 1.54) is 12.4 Å². The van der Waals surface area contributed by atoms with E-state index < -0.39 is 24.0 Å². The number of rotatable bonds is 19. The molecule has 2 aliphatic rings. The summed E-state index contributed by atoms with van der Waals surface area (Å²) in [6, 6.07) is 24.8. The number of carbonyl (C=O) groups is 2. The van der Waals surface area contributed by atoms with Crippen molar-refractivity contribution in [3.63, 3.8) is 0 Å². The molecule has 0 saturated carbocycles. The second kappa shape index (κ2) is 23.8. The third kappa shape index (κ3) is 12.4. The van der Waals surface area contributed by atoms with Crippen LogP contribution in [-0.4, -0.2) is 93.5 Å². The summed E-state index contributed by atoms with van der Waals surface area (Å²) in [5.41, 5.74) is 9.23. The highest BCUT2D eigenvalue weighted by atomic mass is 35.5. The Morgan fingerprint density at radius 1 is 0.611 bits per heavy atom. The molecule has 370 valence electrons. The summed E-state index contributed by atoms with van der Waals surface area (Å²) in [7, 11) is 0. The number of benzene rings is 4. The van der Waals surface area contributed by atoms with Gasteiger partial charge in [0, 0.05) is 85.4 Å². The van der Waals surface area contributed by atoms with Crippen molar-refractivity contribution in [3.8, 4) is 46.3 Å². The van der Waals surface area contributed by atoms with Gasteiger partial charge >= 0.3 is 11.9 Å². The Morgan fingerprint density at radius 3 is 1.43 bits per heavy atom. The Balaban J connectivity index is 1.01. The average molecular weight is 1010 g/mol. The van der Waals surface area contributed by atoms with E-state index in [9.17, 15) is 30.3 Å². The molecule has 2 saturated heterocycles. The van der Waals surface area contributed by atoms with Crippen LogP contribution in [0, 0.1) is 36.5 Å². The van der Waals surface area contributed by atoms with Crippen molar-refractivity contribution < 1.29 is 48.2 Å². The molecule has 18 heteroatoms. The van der Waals surface area contributed by atoms with Crippen molar-refractivity contribution in [2.24, 2.45) is 0 Å². The number of hydrogen-bond donors (Lipinski definition) is 2. The average Bonchev–Trinajstić information content (AvgIpc) is 3.38. The van der Waals surface area contributed by atoms with Crippen molar-refractivity contribution in [3.05, 3.63) is 163 Å². The number of nitrogens with zero attached hydrogens (tertiary/aromatic N) is 6. The number of ether oxygens (including phenoxy) is 6. The maximum absolute atomic E-state index is 12.1. The lowest BCUT2D eigenvalue weighted by molar-refractivity contribution is -0.151. The quantitative estimate of drug-likeness (QED) is 0.0777. The molecule has 0 radical (unpaired) electrons. The Kier molecular flexibility index (Phi) is 16.9. The first kappa shape index (κ1) is 51.1. The number of halogens is 2. The molecule has 0 unspecified atom stereocenters. The Morgan fingerprint density at radius 2 is 1.03 bits per heavy atom. The smallest absolute Gasteiger partial charge is 0.323 e. The zero-order valence-electron chi connectivity index (χ0n) is 39.5. The third-order valence-electron chi connectivity index (χ3n) is 12.6. The van der Waals surface area contributed by atoms with E-state index in [0.29, 0.717) is 92.7 Å². The molecule has 4 heterocycles. The molecular weight excluding hydrogens is 964 g/mol. The molecule has 72 heavy (non-hydrogen) atoms. The molecule has 0 amide bonds. The van der Waals surface area contributed by atoms with Gasteiger partial charge in [-0.2, -0.15) is 10.5 Å². The Hall–Kier alpha value is -7.28. The van der Waals surface area contributed by atoms with Gasteiger partial charge in [-0.3, -0.25) is 29.4 Å². The van der Waals surface area contributed by atoms with Gasteiger partial charge in [-0.05, 0) is 71.5 Å². The van der Waals surface area contributed by atoms with Gasteiger partial charge in [-0.1, -0.05) is 59.6 Å². The highest BCUT2D eigenvalue weighted by Crippen LogP contribution is 2.38. The molecule has 4 aromatic carbocycles. The highest BCUT2D eigenvalue weighted by Gasteiger charge is 2.32. The molecule has 0 bridgehead atoms. The normalized spacial score (nSPS) is 16.0. The maximum atomic E-state index is 12.1. The summed E-state index contributed by atoms with van der Waals surface area (Å²) in [6.07, 6.45) is 6.17. The van der Waals surface area contributed by atoms with Crippen LogP contribution >= 0.6 is 23.2 Å². The zero-order chi connectivity index (χ0) is 50.7. The van der Waals surface area contributed by atoms with Gasteiger partial charge in [0.05, 0.1) is 47.6 Å². The first-order valence-electron chi connectivity index (χ1n) is 23.0. The fourth-order valence-electron chi connectivity index (χ4n) is 8.59. The summed E-state index contributed by atoms with van der Waals surface area (Å²) in [6.45, 7) is 6.73. The molecular formula is C54H50Cl2N6O10. The maximum Gasteiger partial charge on any atom is 0.323 e. The molecule has 2 aromatic heterocycles. The summed E-state index contributed by atoms with van der Waals surface area (Å²) in [5.74, 6) is -0.359. The lowest BCUT2D eigenvalue weighted by Gasteiger charge is -2.33. The van der Waals surface area contributed by atoms with Crippen LogP contribution in [0.5, 0.6) is 23.0 Å². The number of hydrogen-bond acceptors (Lipinski definition) is 14. The van der Waals surface area contributed by atoms with E-state index in [-0.39, 0.29) is 52.7 Å². The molecule has 8 rings (SSSR count). The van der Waals surface area contributed by atoms with E-state index >= 15 is 0 Å². The highest BCUT2D eigenvalue weighted by molar-refractivity contribution is 6.32.